The van der Waals surface area contributed by atoms with Crippen molar-refractivity contribution < 1.29 is 0 Å². The summed E-state index contributed by atoms with van der Waals surface area (Å²) in [7, 11) is 0. The molecule has 0 radical (unpaired) electrons. The lowest BCUT2D eigenvalue weighted by molar-refractivity contribution is 0.268. The van der Waals surface area contributed by atoms with Gasteiger partial charge in [0, 0.05) is 0 Å². The smallest absolute Gasteiger partial charge is 0.0386 e. The van der Waals surface area contributed by atoms with Crippen molar-refractivity contribution in [3.8, 4) is 0 Å². The van der Waals surface area contributed by atoms with Crippen LogP contribution in [0.25, 0.3) is 0 Å². The molecule has 1 unspecified atom stereocenters. The molecule has 0 N–H and O–H groups in total. The van der Waals surface area contributed by atoms with Gasteiger partial charge in [-0.25, -0.2) is 0 Å². The molecule has 0 aliphatic heterocycles. The highest BCUT2D eigenvalue weighted by atomic mass is 14.2. The van der Waals surface area contributed by atoms with Crippen molar-refractivity contribution in [2.75, 3.05) is 0 Å². The zero-order chi connectivity index (χ0) is 10.8. The molecule has 0 bridgehead atoms. The maximum absolute atomic E-state index is 2.36. The lowest BCUT2D eigenvalue weighted by Gasteiger charge is -2.24. The van der Waals surface area contributed by atoms with Gasteiger partial charge in [0.15, 0.2) is 0 Å². The van der Waals surface area contributed by atoms with Crippen LogP contribution in [-0.2, 0) is 0 Å². The number of hydrogen-bond acceptors (Lipinski definition) is 0. The molecule has 0 spiro atoms. The third-order valence-electron chi connectivity index (χ3n) is 3.55. The maximum Gasteiger partial charge on any atom is -0.0386 e. The van der Waals surface area contributed by atoms with Gasteiger partial charge in [-0.05, 0) is 11.8 Å². The van der Waals surface area contributed by atoms with Crippen molar-refractivity contribution in [1.29, 1.82) is 0 Å². The molecule has 0 saturated heterocycles. The van der Waals surface area contributed by atoms with Crippen LogP contribution in [-0.4, -0.2) is 0 Å². The molecule has 0 aliphatic rings. The zero-order valence-corrected chi connectivity index (χ0v) is 10.8. The second kappa shape index (κ2) is 9.55. The number of rotatable bonds is 9. The van der Waals surface area contributed by atoms with E-state index in [0.717, 1.165) is 11.8 Å². The van der Waals surface area contributed by atoms with Crippen molar-refractivity contribution in [1.82, 2.24) is 0 Å². The third-order valence-corrected chi connectivity index (χ3v) is 3.55. The second-order valence-electron chi connectivity index (χ2n) is 4.62. The van der Waals surface area contributed by atoms with Crippen molar-refractivity contribution in [2.45, 2.75) is 79.1 Å². The molecule has 0 rings (SSSR count). The van der Waals surface area contributed by atoms with Crippen LogP contribution in [0.5, 0.6) is 0 Å². The van der Waals surface area contributed by atoms with Crippen LogP contribution in [0.4, 0.5) is 0 Å². The highest BCUT2D eigenvalue weighted by Crippen LogP contribution is 2.28. The summed E-state index contributed by atoms with van der Waals surface area (Å²) in [6.45, 7) is 9.34. The molecule has 0 aromatic heterocycles. The molecule has 0 nitrogen and oxygen atoms in total. The fourth-order valence-electron chi connectivity index (χ4n) is 2.60. The minimum absolute atomic E-state index is 0.992. The monoisotopic (exact) mass is 198 g/mol. The van der Waals surface area contributed by atoms with Crippen LogP contribution in [0.15, 0.2) is 0 Å². The molecule has 0 amide bonds. The lowest BCUT2D eigenvalue weighted by Crippen LogP contribution is -2.13. The van der Waals surface area contributed by atoms with E-state index in [-0.39, 0.29) is 0 Å². The fraction of sp³-hybridized carbons (Fsp3) is 1.00. The molecule has 86 valence electrons. The molecule has 1 atom stereocenters. The minimum Gasteiger partial charge on any atom is -0.0654 e. The van der Waals surface area contributed by atoms with Gasteiger partial charge in [-0.1, -0.05) is 79.1 Å². The Balaban J connectivity index is 3.85. The van der Waals surface area contributed by atoms with E-state index in [4.69, 9.17) is 0 Å². The summed E-state index contributed by atoms with van der Waals surface area (Å²) >= 11 is 0. The summed E-state index contributed by atoms with van der Waals surface area (Å²) in [5.74, 6) is 2.01. The van der Waals surface area contributed by atoms with E-state index in [0.29, 0.717) is 0 Å². The van der Waals surface area contributed by atoms with Crippen molar-refractivity contribution in [3.05, 3.63) is 0 Å². The maximum atomic E-state index is 2.36. The largest absolute Gasteiger partial charge is 0.0654 e. The van der Waals surface area contributed by atoms with Crippen molar-refractivity contribution in [3.63, 3.8) is 0 Å². The van der Waals surface area contributed by atoms with E-state index in [9.17, 15) is 0 Å². The summed E-state index contributed by atoms with van der Waals surface area (Å²) < 4.78 is 0. The van der Waals surface area contributed by atoms with Gasteiger partial charge in [-0.2, -0.15) is 0 Å². The topological polar surface area (TPSA) is 0 Å². The first-order valence-corrected chi connectivity index (χ1v) is 6.79. The molecule has 0 aliphatic carbocycles. The quantitative estimate of drug-likeness (QED) is 0.434. The normalized spacial score (nSPS) is 13.5. The van der Waals surface area contributed by atoms with Crippen LogP contribution in [0.3, 0.4) is 0 Å². The molecule has 14 heavy (non-hydrogen) atoms. The van der Waals surface area contributed by atoms with Gasteiger partial charge in [-0.15, -0.1) is 0 Å². The van der Waals surface area contributed by atoms with Crippen molar-refractivity contribution in [2.24, 2.45) is 11.8 Å². The molecule has 0 heteroatoms. The Hall–Kier alpha value is 0. The second-order valence-corrected chi connectivity index (χ2v) is 4.62. The van der Waals surface area contributed by atoms with E-state index in [1.165, 1.54) is 51.4 Å². The Morgan fingerprint density at radius 1 is 0.643 bits per heavy atom. The van der Waals surface area contributed by atoms with E-state index in [1.807, 2.05) is 0 Å². The Bertz CT molecular complexity index is 103. The predicted octanol–water partition coefficient (Wildman–Crippen LogP) is 5.42. The van der Waals surface area contributed by atoms with Gasteiger partial charge in [0.25, 0.3) is 0 Å². The average molecular weight is 198 g/mol. The standard InChI is InChI=1S/C14H30/c1-5-9-10-12-14(11-6-2)13(7-3)8-4/h13-14H,5-12H2,1-4H3. The molecule has 0 fully saturated rings. The van der Waals surface area contributed by atoms with Gasteiger partial charge in [-0.3, -0.25) is 0 Å². The summed E-state index contributed by atoms with van der Waals surface area (Å²) in [6.07, 6.45) is 11.3. The molecule has 0 saturated carbocycles. The predicted molar refractivity (Wildman–Crippen MR) is 66.6 cm³/mol. The zero-order valence-electron chi connectivity index (χ0n) is 10.8. The number of unbranched alkanes of at least 4 members (excludes halogenated alkanes) is 2. The van der Waals surface area contributed by atoms with Gasteiger partial charge in [0.2, 0.25) is 0 Å². The Labute approximate surface area is 91.5 Å². The summed E-state index contributed by atoms with van der Waals surface area (Å²) in [5, 5.41) is 0. The fourth-order valence-corrected chi connectivity index (χ4v) is 2.60. The molecule has 0 aromatic rings. The summed E-state index contributed by atoms with van der Waals surface area (Å²) in [6, 6.07) is 0. The Morgan fingerprint density at radius 2 is 1.29 bits per heavy atom. The van der Waals surface area contributed by atoms with Gasteiger partial charge in [0.05, 0.1) is 0 Å². The molecule has 0 heterocycles. The van der Waals surface area contributed by atoms with Crippen LogP contribution >= 0.6 is 0 Å². The van der Waals surface area contributed by atoms with Gasteiger partial charge < -0.3 is 0 Å². The van der Waals surface area contributed by atoms with Crippen LogP contribution in [0.1, 0.15) is 79.1 Å². The first-order valence-electron chi connectivity index (χ1n) is 6.79. The van der Waals surface area contributed by atoms with Crippen LogP contribution in [0, 0.1) is 11.8 Å². The first-order chi connectivity index (χ1) is 6.79. The van der Waals surface area contributed by atoms with Crippen molar-refractivity contribution >= 4 is 0 Å². The molecular formula is C14H30. The number of hydrogen-bond donors (Lipinski definition) is 0. The highest BCUT2D eigenvalue weighted by Gasteiger charge is 2.16. The van der Waals surface area contributed by atoms with Gasteiger partial charge in [0.1, 0.15) is 0 Å². The van der Waals surface area contributed by atoms with E-state index in [2.05, 4.69) is 27.7 Å². The molecular weight excluding hydrogens is 168 g/mol. The third kappa shape index (κ3) is 5.67. The Kier molecular flexibility index (Phi) is 9.55. The van der Waals surface area contributed by atoms with E-state index in [1.54, 1.807) is 0 Å². The summed E-state index contributed by atoms with van der Waals surface area (Å²) in [5.41, 5.74) is 0. The molecule has 0 aromatic carbocycles. The average Bonchev–Trinajstić information content (AvgIpc) is 2.20. The van der Waals surface area contributed by atoms with Crippen LogP contribution in [0.2, 0.25) is 0 Å². The SMILES string of the molecule is CCCCCC(CCC)C(CC)CC. The van der Waals surface area contributed by atoms with Crippen LogP contribution < -0.4 is 0 Å². The Morgan fingerprint density at radius 3 is 1.71 bits per heavy atom. The van der Waals surface area contributed by atoms with E-state index < -0.39 is 0 Å². The first kappa shape index (κ1) is 14.0. The lowest BCUT2D eigenvalue weighted by atomic mass is 9.81. The highest BCUT2D eigenvalue weighted by molar-refractivity contribution is 4.68. The van der Waals surface area contributed by atoms with E-state index >= 15 is 0 Å². The minimum atomic E-state index is 0.992. The summed E-state index contributed by atoms with van der Waals surface area (Å²) in [4.78, 5) is 0. The van der Waals surface area contributed by atoms with Gasteiger partial charge >= 0.3 is 0 Å².